The van der Waals surface area contributed by atoms with E-state index in [-0.39, 0.29) is 5.91 Å². The number of carbonyl (C=O) groups is 1. The molecule has 4 rings (SSSR count). The number of fused-ring (bicyclic) bond motifs is 1. The fourth-order valence-corrected chi connectivity index (χ4v) is 3.53. The van der Waals surface area contributed by atoms with E-state index in [2.05, 4.69) is 45.6 Å². The Hall–Kier alpha value is -3.18. The summed E-state index contributed by atoms with van der Waals surface area (Å²) in [6.45, 7) is 0.788. The Bertz CT molecular complexity index is 1050. The second-order valence-electron chi connectivity index (χ2n) is 5.89. The van der Waals surface area contributed by atoms with E-state index in [0.717, 1.165) is 23.0 Å². The molecule has 0 unspecified atom stereocenters. The third-order valence-electron chi connectivity index (χ3n) is 4.13. The van der Waals surface area contributed by atoms with Crippen LogP contribution in [0.25, 0.3) is 10.9 Å². The zero-order valence-electron chi connectivity index (χ0n) is 14.0. The average molecular weight is 359 g/mol. The summed E-state index contributed by atoms with van der Waals surface area (Å²) in [6.07, 6.45) is 3.77. The first kappa shape index (κ1) is 16.3. The first-order valence-corrected chi connectivity index (χ1v) is 9.18. The summed E-state index contributed by atoms with van der Waals surface area (Å²) >= 11 is 1.40. The van der Waals surface area contributed by atoms with Crippen LogP contribution in [0.3, 0.4) is 0 Å². The second kappa shape index (κ2) is 7.37. The maximum absolute atomic E-state index is 12.0. The van der Waals surface area contributed by atoms with Crippen molar-refractivity contribution in [3.8, 4) is 0 Å². The van der Waals surface area contributed by atoms with Crippen molar-refractivity contribution >= 4 is 34.4 Å². The summed E-state index contributed by atoms with van der Waals surface area (Å²) in [4.78, 5) is 12.6. The summed E-state index contributed by atoms with van der Waals surface area (Å²) in [6, 6.07) is 22.2. The van der Waals surface area contributed by atoms with Crippen molar-refractivity contribution in [2.24, 2.45) is 5.10 Å². The van der Waals surface area contributed by atoms with Gasteiger partial charge in [-0.15, -0.1) is 11.3 Å². The number of benzene rings is 2. The quantitative estimate of drug-likeness (QED) is 0.413. The van der Waals surface area contributed by atoms with E-state index < -0.39 is 0 Å². The summed E-state index contributed by atoms with van der Waals surface area (Å²) in [5, 5.41) is 7.12. The van der Waals surface area contributed by atoms with E-state index in [4.69, 9.17) is 0 Å². The van der Waals surface area contributed by atoms with Crippen LogP contribution in [-0.4, -0.2) is 16.7 Å². The van der Waals surface area contributed by atoms with Gasteiger partial charge < -0.3 is 4.57 Å². The molecule has 0 atom stereocenters. The molecule has 0 bridgehead atoms. The monoisotopic (exact) mass is 359 g/mol. The average Bonchev–Trinajstić information content (AvgIpc) is 3.32. The highest BCUT2D eigenvalue weighted by atomic mass is 32.1. The lowest BCUT2D eigenvalue weighted by atomic mass is 10.2. The van der Waals surface area contributed by atoms with Crippen molar-refractivity contribution in [2.75, 3.05) is 0 Å². The van der Waals surface area contributed by atoms with Gasteiger partial charge in [0.15, 0.2) is 0 Å². The molecule has 2 aromatic heterocycles. The number of rotatable bonds is 5. The number of nitrogens with one attached hydrogen (secondary N) is 1. The number of nitrogens with zero attached hydrogens (tertiary/aromatic N) is 2. The minimum atomic E-state index is -0.190. The molecule has 0 saturated carbocycles. The lowest BCUT2D eigenvalue weighted by molar-refractivity contribution is 0.0959. The molecule has 1 N–H and O–H groups in total. The molecule has 0 saturated heterocycles. The molecule has 26 heavy (non-hydrogen) atoms. The normalized spacial score (nSPS) is 11.2. The van der Waals surface area contributed by atoms with Gasteiger partial charge in [-0.05, 0) is 23.1 Å². The predicted octanol–water partition coefficient (Wildman–Crippen LogP) is 4.52. The highest BCUT2D eigenvalue weighted by Gasteiger charge is 2.08. The molecule has 0 fully saturated rings. The molecule has 128 valence electrons. The number of hydrogen-bond acceptors (Lipinski definition) is 3. The van der Waals surface area contributed by atoms with Gasteiger partial charge in [-0.3, -0.25) is 4.79 Å². The molecule has 2 aromatic carbocycles. The van der Waals surface area contributed by atoms with Crippen LogP contribution in [0.2, 0.25) is 0 Å². The zero-order valence-corrected chi connectivity index (χ0v) is 14.8. The van der Waals surface area contributed by atoms with Gasteiger partial charge in [-0.1, -0.05) is 54.6 Å². The summed E-state index contributed by atoms with van der Waals surface area (Å²) in [5.74, 6) is -0.190. The highest BCUT2D eigenvalue weighted by molar-refractivity contribution is 7.12. The second-order valence-corrected chi connectivity index (χ2v) is 6.84. The molecule has 0 aliphatic heterocycles. The Morgan fingerprint density at radius 1 is 1.04 bits per heavy atom. The van der Waals surface area contributed by atoms with Gasteiger partial charge in [0.05, 0.1) is 11.1 Å². The van der Waals surface area contributed by atoms with E-state index in [1.807, 2.05) is 41.8 Å². The van der Waals surface area contributed by atoms with Crippen molar-refractivity contribution in [1.82, 2.24) is 9.99 Å². The fraction of sp³-hybridized carbons (Fsp3) is 0.0476. The molecule has 5 heteroatoms. The third-order valence-corrected chi connectivity index (χ3v) is 5.00. The minimum Gasteiger partial charge on any atom is -0.342 e. The summed E-state index contributed by atoms with van der Waals surface area (Å²) in [5.41, 5.74) is 5.94. The molecule has 2 heterocycles. The number of para-hydroxylation sites is 1. The number of carbonyl (C=O) groups excluding carboxylic acids is 1. The highest BCUT2D eigenvalue weighted by Crippen LogP contribution is 2.21. The zero-order chi connectivity index (χ0) is 17.8. The lowest BCUT2D eigenvalue weighted by Crippen LogP contribution is -2.16. The van der Waals surface area contributed by atoms with Gasteiger partial charge in [-0.2, -0.15) is 5.10 Å². The molecule has 1 amide bonds. The number of hydrazone groups is 1. The maximum atomic E-state index is 12.0. The Labute approximate surface area is 155 Å². The van der Waals surface area contributed by atoms with E-state index in [1.54, 1.807) is 12.3 Å². The number of aromatic nitrogens is 1. The number of hydrogen-bond donors (Lipinski definition) is 1. The molecule has 4 nitrogen and oxygen atoms in total. The van der Waals surface area contributed by atoms with Crippen LogP contribution < -0.4 is 5.43 Å². The molecule has 0 aliphatic rings. The van der Waals surface area contributed by atoms with Gasteiger partial charge in [0.2, 0.25) is 0 Å². The van der Waals surface area contributed by atoms with Crippen LogP contribution in [0.5, 0.6) is 0 Å². The summed E-state index contributed by atoms with van der Waals surface area (Å²) < 4.78 is 2.20. The Morgan fingerprint density at radius 3 is 2.65 bits per heavy atom. The van der Waals surface area contributed by atoms with Crippen molar-refractivity contribution < 1.29 is 4.79 Å². The Balaban J connectivity index is 1.59. The van der Waals surface area contributed by atoms with Crippen LogP contribution in [-0.2, 0) is 6.54 Å². The van der Waals surface area contributed by atoms with Crippen LogP contribution in [0, 0.1) is 0 Å². The largest absolute Gasteiger partial charge is 0.342 e. The van der Waals surface area contributed by atoms with Gasteiger partial charge in [0.1, 0.15) is 0 Å². The van der Waals surface area contributed by atoms with Crippen molar-refractivity contribution in [2.45, 2.75) is 6.54 Å². The van der Waals surface area contributed by atoms with Crippen molar-refractivity contribution in [3.63, 3.8) is 0 Å². The Morgan fingerprint density at radius 2 is 1.85 bits per heavy atom. The topological polar surface area (TPSA) is 46.4 Å². The fourth-order valence-electron chi connectivity index (χ4n) is 2.91. The van der Waals surface area contributed by atoms with E-state index >= 15 is 0 Å². The number of amides is 1. The number of thiophene rings is 1. The molecule has 4 aromatic rings. The maximum Gasteiger partial charge on any atom is 0.281 e. The predicted molar refractivity (Wildman–Crippen MR) is 107 cm³/mol. The smallest absolute Gasteiger partial charge is 0.281 e. The van der Waals surface area contributed by atoms with E-state index in [0.29, 0.717) is 4.88 Å². The minimum absolute atomic E-state index is 0.190. The molecule has 0 spiro atoms. The van der Waals surface area contributed by atoms with Crippen LogP contribution in [0.15, 0.2) is 83.4 Å². The lowest BCUT2D eigenvalue weighted by Gasteiger charge is -2.05. The first-order chi connectivity index (χ1) is 12.8. The SMILES string of the molecule is O=C(N/N=C/c1cn(Cc2ccccc2)c2ccccc12)c1cccs1. The van der Waals surface area contributed by atoms with Gasteiger partial charge >= 0.3 is 0 Å². The third kappa shape index (κ3) is 3.43. The van der Waals surface area contributed by atoms with Crippen LogP contribution >= 0.6 is 11.3 Å². The van der Waals surface area contributed by atoms with Gasteiger partial charge in [-0.25, -0.2) is 5.43 Å². The first-order valence-electron chi connectivity index (χ1n) is 8.30. The van der Waals surface area contributed by atoms with Crippen LogP contribution in [0.1, 0.15) is 20.8 Å². The molecule has 0 aliphatic carbocycles. The van der Waals surface area contributed by atoms with Crippen molar-refractivity contribution in [3.05, 3.63) is 94.3 Å². The molecular formula is C21H17N3OS. The molecular weight excluding hydrogens is 342 g/mol. The van der Waals surface area contributed by atoms with Crippen LogP contribution in [0.4, 0.5) is 0 Å². The Kier molecular flexibility index (Phi) is 4.62. The van der Waals surface area contributed by atoms with Crippen molar-refractivity contribution in [1.29, 1.82) is 0 Å². The summed E-state index contributed by atoms with van der Waals surface area (Å²) in [7, 11) is 0. The van der Waals surface area contributed by atoms with E-state index in [1.165, 1.54) is 16.9 Å². The molecule has 0 radical (unpaired) electrons. The standard InChI is InChI=1S/C21H17N3OS/c25-21(20-11-6-12-26-20)23-22-13-17-15-24(14-16-7-2-1-3-8-16)19-10-5-4-9-18(17)19/h1-13,15H,14H2,(H,23,25)/b22-13+. The van der Waals surface area contributed by atoms with E-state index in [9.17, 15) is 4.79 Å². The van der Waals surface area contributed by atoms with Gasteiger partial charge in [0, 0.05) is 29.2 Å². The van der Waals surface area contributed by atoms with Gasteiger partial charge in [0.25, 0.3) is 5.91 Å².